The zero-order chi connectivity index (χ0) is 16.9. The van der Waals surface area contributed by atoms with E-state index in [2.05, 4.69) is 15.5 Å². The summed E-state index contributed by atoms with van der Waals surface area (Å²) in [5.41, 5.74) is 0.123. The normalized spacial score (nSPS) is 10.7. The SMILES string of the molecule is O=C(Cc1n[nH]c(=O)c2ccccc12)NCCn1ccccc1=O. The van der Waals surface area contributed by atoms with Gasteiger partial charge in [-0.3, -0.25) is 14.4 Å². The Bertz CT molecular complexity index is 991. The van der Waals surface area contributed by atoms with E-state index in [0.29, 0.717) is 29.6 Å². The Balaban J connectivity index is 1.66. The number of aromatic amines is 1. The zero-order valence-corrected chi connectivity index (χ0v) is 12.9. The van der Waals surface area contributed by atoms with Gasteiger partial charge in [0, 0.05) is 30.7 Å². The van der Waals surface area contributed by atoms with Gasteiger partial charge in [-0.15, -0.1) is 0 Å². The van der Waals surface area contributed by atoms with Gasteiger partial charge >= 0.3 is 0 Å². The van der Waals surface area contributed by atoms with Crippen LogP contribution in [0, 0.1) is 0 Å². The molecule has 0 bridgehead atoms. The Hall–Kier alpha value is -3.22. The molecule has 24 heavy (non-hydrogen) atoms. The van der Waals surface area contributed by atoms with Gasteiger partial charge in [0.1, 0.15) is 0 Å². The summed E-state index contributed by atoms with van der Waals surface area (Å²) in [6.07, 6.45) is 1.73. The number of carbonyl (C=O) groups is 1. The third kappa shape index (κ3) is 3.40. The lowest BCUT2D eigenvalue weighted by atomic mass is 10.1. The third-order valence-corrected chi connectivity index (χ3v) is 3.68. The van der Waals surface area contributed by atoms with E-state index in [1.54, 1.807) is 42.6 Å². The number of nitrogens with zero attached hydrogens (tertiary/aromatic N) is 2. The van der Waals surface area contributed by atoms with Crippen LogP contribution in [0.2, 0.25) is 0 Å². The molecule has 2 N–H and O–H groups in total. The molecule has 122 valence electrons. The van der Waals surface area contributed by atoms with Crippen molar-refractivity contribution in [1.29, 1.82) is 0 Å². The highest BCUT2D eigenvalue weighted by Crippen LogP contribution is 2.12. The second kappa shape index (κ2) is 6.91. The summed E-state index contributed by atoms with van der Waals surface area (Å²) >= 11 is 0. The van der Waals surface area contributed by atoms with Gasteiger partial charge < -0.3 is 9.88 Å². The number of hydrogen-bond acceptors (Lipinski definition) is 4. The standard InChI is InChI=1S/C17H16N4O3/c22-15(18-8-10-21-9-4-3-7-16(21)23)11-14-12-5-1-2-6-13(12)17(24)20-19-14/h1-7,9H,8,10-11H2,(H,18,22)(H,20,24). The predicted octanol–water partition coefficient (Wildman–Crippen LogP) is 0.444. The van der Waals surface area contributed by atoms with Crippen LogP contribution in [0.1, 0.15) is 5.69 Å². The lowest BCUT2D eigenvalue weighted by Gasteiger charge is -2.08. The summed E-state index contributed by atoms with van der Waals surface area (Å²) in [6, 6.07) is 11.9. The molecule has 1 aromatic carbocycles. The monoisotopic (exact) mass is 324 g/mol. The molecule has 0 spiro atoms. The minimum absolute atomic E-state index is 0.0565. The van der Waals surface area contributed by atoms with Gasteiger partial charge in [-0.05, 0) is 12.1 Å². The van der Waals surface area contributed by atoms with Crippen LogP contribution >= 0.6 is 0 Å². The van der Waals surface area contributed by atoms with Crippen LogP contribution in [0.15, 0.2) is 58.3 Å². The molecule has 0 radical (unpaired) electrons. The van der Waals surface area contributed by atoms with E-state index in [1.165, 1.54) is 10.6 Å². The largest absolute Gasteiger partial charge is 0.354 e. The molecule has 0 saturated carbocycles. The summed E-state index contributed by atoms with van der Waals surface area (Å²) in [7, 11) is 0. The number of carbonyl (C=O) groups excluding carboxylic acids is 1. The Morgan fingerprint density at radius 3 is 2.62 bits per heavy atom. The molecule has 0 atom stereocenters. The van der Waals surface area contributed by atoms with Gasteiger partial charge in [0.15, 0.2) is 0 Å². The smallest absolute Gasteiger partial charge is 0.272 e. The highest BCUT2D eigenvalue weighted by Gasteiger charge is 2.10. The predicted molar refractivity (Wildman–Crippen MR) is 89.8 cm³/mol. The first-order valence-corrected chi connectivity index (χ1v) is 7.53. The average Bonchev–Trinajstić information content (AvgIpc) is 2.59. The molecular weight excluding hydrogens is 308 g/mol. The Kier molecular flexibility index (Phi) is 4.51. The fourth-order valence-corrected chi connectivity index (χ4v) is 2.48. The van der Waals surface area contributed by atoms with Crippen molar-refractivity contribution in [1.82, 2.24) is 20.1 Å². The van der Waals surface area contributed by atoms with E-state index in [4.69, 9.17) is 0 Å². The Morgan fingerprint density at radius 1 is 1.08 bits per heavy atom. The van der Waals surface area contributed by atoms with Gasteiger partial charge in [-0.2, -0.15) is 5.10 Å². The van der Waals surface area contributed by atoms with Crippen LogP contribution in [-0.4, -0.2) is 27.2 Å². The van der Waals surface area contributed by atoms with Gasteiger partial charge in [-0.1, -0.05) is 24.3 Å². The van der Waals surface area contributed by atoms with Crippen molar-refractivity contribution in [2.75, 3.05) is 6.54 Å². The lowest BCUT2D eigenvalue weighted by molar-refractivity contribution is -0.120. The van der Waals surface area contributed by atoms with Crippen molar-refractivity contribution in [3.05, 3.63) is 75.1 Å². The molecule has 3 aromatic rings. The van der Waals surface area contributed by atoms with Crippen molar-refractivity contribution in [2.24, 2.45) is 0 Å². The van der Waals surface area contributed by atoms with E-state index in [9.17, 15) is 14.4 Å². The van der Waals surface area contributed by atoms with Gasteiger partial charge in [-0.25, -0.2) is 5.10 Å². The van der Waals surface area contributed by atoms with Crippen molar-refractivity contribution in [2.45, 2.75) is 13.0 Å². The first-order valence-electron chi connectivity index (χ1n) is 7.53. The molecule has 0 unspecified atom stereocenters. The number of hydrogen-bond donors (Lipinski definition) is 2. The Labute approximate surface area is 137 Å². The minimum Gasteiger partial charge on any atom is -0.354 e. The average molecular weight is 324 g/mol. The molecule has 2 aromatic heterocycles. The molecule has 0 aliphatic rings. The molecule has 0 aliphatic carbocycles. The van der Waals surface area contributed by atoms with Crippen LogP contribution in [0.5, 0.6) is 0 Å². The molecular formula is C17H16N4O3. The maximum Gasteiger partial charge on any atom is 0.272 e. The van der Waals surface area contributed by atoms with Crippen molar-refractivity contribution < 1.29 is 4.79 Å². The third-order valence-electron chi connectivity index (χ3n) is 3.68. The van der Waals surface area contributed by atoms with E-state index < -0.39 is 0 Å². The number of aromatic nitrogens is 3. The topological polar surface area (TPSA) is 96.8 Å². The molecule has 0 fully saturated rings. The number of amides is 1. The van der Waals surface area contributed by atoms with Crippen LogP contribution < -0.4 is 16.4 Å². The van der Waals surface area contributed by atoms with Crippen molar-refractivity contribution in [3.63, 3.8) is 0 Å². The van der Waals surface area contributed by atoms with Crippen LogP contribution in [0.3, 0.4) is 0 Å². The van der Waals surface area contributed by atoms with Crippen molar-refractivity contribution >= 4 is 16.7 Å². The summed E-state index contributed by atoms with van der Waals surface area (Å²) in [6.45, 7) is 0.731. The Morgan fingerprint density at radius 2 is 1.83 bits per heavy atom. The number of benzene rings is 1. The summed E-state index contributed by atoms with van der Waals surface area (Å²) in [5.74, 6) is -0.219. The molecule has 0 aliphatic heterocycles. The molecule has 3 rings (SSSR count). The number of nitrogens with one attached hydrogen (secondary N) is 2. The highest BCUT2D eigenvalue weighted by molar-refractivity contribution is 5.88. The zero-order valence-electron chi connectivity index (χ0n) is 12.9. The molecule has 0 saturated heterocycles. The van der Waals surface area contributed by atoms with Crippen LogP contribution in [0.25, 0.3) is 10.8 Å². The van der Waals surface area contributed by atoms with Crippen molar-refractivity contribution in [3.8, 4) is 0 Å². The summed E-state index contributed by atoms with van der Waals surface area (Å²) in [4.78, 5) is 35.4. The van der Waals surface area contributed by atoms with E-state index in [0.717, 1.165) is 0 Å². The minimum atomic E-state index is -0.279. The molecule has 2 heterocycles. The fraction of sp³-hybridized carbons (Fsp3) is 0.176. The number of rotatable bonds is 5. The summed E-state index contributed by atoms with van der Waals surface area (Å²) in [5, 5.41) is 10.3. The van der Waals surface area contributed by atoms with Gasteiger partial charge in [0.05, 0.1) is 17.5 Å². The van der Waals surface area contributed by atoms with E-state index in [-0.39, 0.29) is 23.4 Å². The molecule has 7 nitrogen and oxygen atoms in total. The van der Waals surface area contributed by atoms with Crippen LogP contribution in [0.4, 0.5) is 0 Å². The van der Waals surface area contributed by atoms with Gasteiger partial charge in [0.2, 0.25) is 5.91 Å². The van der Waals surface area contributed by atoms with E-state index >= 15 is 0 Å². The number of pyridine rings is 1. The number of fused-ring (bicyclic) bond motifs is 1. The fourth-order valence-electron chi connectivity index (χ4n) is 2.48. The van der Waals surface area contributed by atoms with Crippen LogP contribution in [-0.2, 0) is 17.8 Å². The lowest BCUT2D eigenvalue weighted by Crippen LogP contribution is -2.31. The second-order valence-corrected chi connectivity index (χ2v) is 5.30. The van der Waals surface area contributed by atoms with E-state index in [1.807, 2.05) is 0 Å². The maximum absolute atomic E-state index is 12.1. The highest BCUT2D eigenvalue weighted by atomic mass is 16.2. The van der Waals surface area contributed by atoms with Gasteiger partial charge in [0.25, 0.3) is 11.1 Å². The summed E-state index contributed by atoms with van der Waals surface area (Å²) < 4.78 is 1.52. The second-order valence-electron chi connectivity index (χ2n) is 5.30. The first-order chi connectivity index (χ1) is 11.6. The maximum atomic E-state index is 12.1. The quantitative estimate of drug-likeness (QED) is 0.712. The first kappa shape index (κ1) is 15.7. The number of H-pyrrole nitrogens is 1. The molecule has 1 amide bonds. The molecule has 7 heteroatoms.